The lowest BCUT2D eigenvalue weighted by atomic mass is 10.2. The molecule has 6 heteroatoms. The van der Waals surface area contributed by atoms with Gasteiger partial charge < -0.3 is 4.74 Å². The zero-order chi connectivity index (χ0) is 12.3. The largest absolute Gasteiger partial charge is 0.487 e. The van der Waals surface area contributed by atoms with Gasteiger partial charge in [0.05, 0.1) is 6.61 Å². The lowest BCUT2D eigenvalue weighted by Gasteiger charge is -2.08. The number of benzene rings is 1. The molecule has 0 aromatic heterocycles. The van der Waals surface area contributed by atoms with Gasteiger partial charge in [-0.2, -0.15) is 8.78 Å². The molecule has 0 aliphatic heterocycles. The molecule has 88 valence electrons. The summed E-state index contributed by atoms with van der Waals surface area (Å²) in [6.45, 7) is 3.09. The van der Waals surface area contributed by atoms with E-state index in [1.165, 1.54) is 6.08 Å². The first-order chi connectivity index (χ1) is 7.50. The predicted octanol–water partition coefficient (Wildman–Crippen LogP) is 3.34. The summed E-state index contributed by atoms with van der Waals surface area (Å²) < 4.78 is 68.3. The van der Waals surface area contributed by atoms with Gasteiger partial charge >= 0.3 is 0 Å². The second kappa shape index (κ2) is 4.96. The topological polar surface area (TPSA) is 9.23 Å². The summed E-state index contributed by atoms with van der Waals surface area (Å²) in [5.74, 6) is -11.5. The van der Waals surface area contributed by atoms with Gasteiger partial charge in [-0.25, -0.2) is 13.2 Å². The number of hydrogen-bond donors (Lipinski definition) is 0. The molecule has 0 radical (unpaired) electrons. The van der Waals surface area contributed by atoms with Crippen molar-refractivity contribution in [3.63, 3.8) is 0 Å². The maximum Gasteiger partial charge on any atom is 0.206 e. The molecule has 0 atom stereocenters. The Morgan fingerprint density at radius 3 is 1.75 bits per heavy atom. The van der Waals surface area contributed by atoms with Crippen molar-refractivity contribution in [2.45, 2.75) is 6.42 Å². The second-order valence-electron chi connectivity index (χ2n) is 2.82. The molecule has 1 rings (SSSR count). The fourth-order valence-corrected chi connectivity index (χ4v) is 0.956. The third-order valence-electron chi connectivity index (χ3n) is 1.74. The second-order valence-corrected chi connectivity index (χ2v) is 2.82. The van der Waals surface area contributed by atoms with Gasteiger partial charge in [0.2, 0.25) is 29.1 Å². The molecule has 0 spiro atoms. The van der Waals surface area contributed by atoms with E-state index >= 15 is 0 Å². The number of halogens is 5. The summed E-state index contributed by atoms with van der Waals surface area (Å²) in [4.78, 5) is 0. The Morgan fingerprint density at radius 2 is 1.31 bits per heavy atom. The van der Waals surface area contributed by atoms with Crippen LogP contribution >= 0.6 is 0 Å². The maximum absolute atomic E-state index is 13.0. The van der Waals surface area contributed by atoms with Crippen LogP contribution in [0.1, 0.15) is 6.42 Å². The third-order valence-corrected chi connectivity index (χ3v) is 1.74. The Morgan fingerprint density at radius 1 is 0.875 bits per heavy atom. The third kappa shape index (κ3) is 2.15. The molecule has 16 heavy (non-hydrogen) atoms. The zero-order valence-corrected chi connectivity index (χ0v) is 8.00. The average molecular weight is 238 g/mol. The van der Waals surface area contributed by atoms with Crippen LogP contribution < -0.4 is 4.74 Å². The van der Waals surface area contributed by atoms with Crippen molar-refractivity contribution in [2.75, 3.05) is 6.61 Å². The van der Waals surface area contributed by atoms with Gasteiger partial charge in [0.25, 0.3) is 0 Å². The van der Waals surface area contributed by atoms with E-state index in [0.29, 0.717) is 0 Å². The summed E-state index contributed by atoms with van der Waals surface area (Å²) in [5.41, 5.74) is 0. The Kier molecular flexibility index (Phi) is 3.87. The summed E-state index contributed by atoms with van der Waals surface area (Å²) in [6, 6.07) is 0. The molecule has 0 N–H and O–H groups in total. The van der Waals surface area contributed by atoms with E-state index in [-0.39, 0.29) is 13.0 Å². The van der Waals surface area contributed by atoms with Crippen LogP contribution in [0.25, 0.3) is 0 Å². The molecule has 0 unspecified atom stereocenters. The van der Waals surface area contributed by atoms with Crippen LogP contribution in [0, 0.1) is 29.1 Å². The standard InChI is InChI=1S/C10H7F5O/c1-2-3-4-16-10-8(14)6(12)5(11)7(13)9(10)15/h2H,1,3-4H2. The number of ether oxygens (including phenoxy) is 1. The van der Waals surface area contributed by atoms with Crippen LogP contribution in [-0.2, 0) is 0 Å². The van der Waals surface area contributed by atoms with E-state index in [1.807, 2.05) is 0 Å². The predicted molar refractivity (Wildman–Crippen MR) is 46.5 cm³/mol. The van der Waals surface area contributed by atoms with Crippen LogP contribution in [-0.4, -0.2) is 6.61 Å². The molecule has 1 aromatic carbocycles. The van der Waals surface area contributed by atoms with E-state index in [1.54, 1.807) is 0 Å². The first kappa shape index (κ1) is 12.5. The van der Waals surface area contributed by atoms with Gasteiger partial charge in [-0.1, -0.05) is 6.08 Å². The molecule has 1 nitrogen and oxygen atoms in total. The molecule has 0 aliphatic rings. The smallest absolute Gasteiger partial charge is 0.206 e. The highest BCUT2D eigenvalue weighted by Gasteiger charge is 2.26. The van der Waals surface area contributed by atoms with Crippen molar-refractivity contribution >= 4 is 0 Å². The van der Waals surface area contributed by atoms with Crippen LogP contribution in [0.2, 0.25) is 0 Å². The van der Waals surface area contributed by atoms with Gasteiger partial charge in [-0.3, -0.25) is 0 Å². The summed E-state index contributed by atoms with van der Waals surface area (Å²) >= 11 is 0. The van der Waals surface area contributed by atoms with Gasteiger partial charge in [0.15, 0.2) is 5.75 Å². The van der Waals surface area contributed by atoms with E-state index in [2.05, 4.69) is 11.3 Å². The molecular weight excluding hydrogens is 231 g/mol. The Balaban J connectivity index is 3.13. The SMILES string of the molecule is C=CCCOc1c(F)c(F)c(F)c(F)c1F. The minimum Gasteiger partial charge on any atom is -0.487 e. The molecule has 0 fully saturated rings. The first-order valence-electron chi connectivity index (χ1n) is 4.25. The van der Waals surface area contributed by atoms with Gasteiger partial charge in [-0.05, 0) is 6.42 Å². The molecule has 0 saturated heterocycles. The van der Waals surface area contributed by atoms with E-state index in [0.717, 1.165) is 0 Å². The number of hydrogen-bond acceptors (Lipinski definition) is 1. The van der Waals surface area contributed by atoms with Crippen molar-refractivity contribution in [3.05, 3.63) is 41.7 Å². The van der Waals surface area contributed by atoms with Crippen molar-refractivity contribution in [1.29, 1.82) is 0 Å². The molecule has 0 amide bonds. The Labute approximate surface area is 88.1 Å². The summed E-state index contributed by atoms with van der Waals surface area (Å²) in [6.07, 6.45) is 1.60. The molecule has 0 bridgehead atoms. The Hall–Kier alpha value is -1.59. The highest BCUT2D eigenvalue weighted by Crippen LogP contribution is 2.29. The molecule has 1 aromatic rings. The van der Waals surface area contributed by atoms with E-state index < -0.39 is 34.8 Å². The van der Waals surface area contributed by atoms with Crippen molar-refractivity contribution in [2.24, 2.45) is 0 Å². The summed E-state index contributed by atoms with van der Waals surface area (Å²) in [7, 11) is 0. The highest BCUT2D eigenvalue weighted by atomic mass is 19.2. The van der Waals surface area contributed by atoms with Gasteiger partial charge in [-0.15, -0.1) is 6.58 Å². The minimum atomic E-state index is -2.20. The van der Waals surface area contributed by atoms with Gasteiger partial charge in [0.1, 0.15) is 0 Å². The average Bonchev–Trinajstić information content (AvgIpc) is 2.28. The van der Waals surface area contributed by atoms with Crippen molar-refractivity contribution in [1.82, 2.24) is 0 Å². The maximum atomic E-state index is 13.0. The Bertz CT molecular complexity index is 387. The van der Waals surface area contributed by atoms with E-state index in [4.69, 9.17) is 0 Å². The van der Waals surface area contributed by atoms with Crippen LogP contribution in [0.4, 0.5) is 22.0 Å². The lowest BCUT2D eigenvalue weighted by Crippen LogP contribution is -2.07. The summed E-state index contributed by atoms with van der Waals surface area (Å²) in [5, 5.41) is 0. The fraction of sp³-hybridized carbons (Fsp3) is 0.200. The van der Waals surface area contributed by atoms with Crippen molar-refractivity contribution in [3.8, 4) is 5.75 Å². The zero-order valence-electron chi connectivity index (χ0n) is 8.00. The van der Waals surface area contributed by atoms with Crippen LogP contribution in [0.15, 0.2) is 12.7 Å². The van der Waals surface area contributed by atoms with Crippen molar-refractivity contribution < 1.29 is 26.7 Å². The normalized spacial score (nSPS) is 10.3. The minimum absolute atomic E-state index is 0.220. The quantitative estimate of drug-likeness (QED) is 0.257. The van der Waals surface area contributed by atoms with Gasteiger partial charge in [0, 0.05) is 0 Å². The molecule has 0 heterocycles. The number of rotatable bonds is 4. The van der Waals surface area contributed by atoms with Crippen LogP contribution in [0.5, 0.6) is 5.75 Å². The highest BCUT2D eigenvalue weighted by molar-refractivity contribution is 5.29. The molecule has 0 saturated carbocycles. The fourth-order valence-electron chi connectivity index (χ4n) is 0.956. The molecule has 0 aliphatic carbocycles. The monoisotopic (exact) mass is 238 g/mol. The van der Waals surface area contributed by atoms with Crippen LogP contribution in [0.3, 0.4) is 0 Å². The molecular formula is C10H7F5O. The van der Waals surface area contributed by atoms with E-state index in [9.17, 15) is 22.0 Å². The lowest BCUT2D eigenvalue weighted by molar-refractivity contribution is 0.266. The first-order valence-corrected chi connectivity index (χ1v) is 4.25.